The molecule has 4 heteroatoms. The molecule has 0 unspecified atom stereocenters. The van der Waals surface area contributed by atoms with E-state index in [0.29, 0.717) is 0 Å². The van der Waals surface area contributed by atoms with Crippen LogP contribution in [0.3, 0.4) is 0 Å². The number of nitrogens with one attached hydrogen (secondary N) is 2. The molecule has 1 fully saturated rings. The predicted octanol–water partition coefficient (Wildman–Crippen LogP) is 1.78. The number of amides is 1. The van der Waals surface area contributed by atoms with Gasteiger partial charge >= 0.3 is 0 Å². The number of nitrogens with zero attached hydrogens (tertiary/aromatic N) is 1. The van der Waals surface area contributed by atoms with E-state index >= 15 is 0 Å². The molecule has 0 radical (unpaired) electrons. The van der Waals surface area contributed by atoms with Gasteiger partial charge in [-0.2, -0.15) is 0 Å². The van der Waals surface area contributed by atoms with Gasteiger partial charge in [0, 0.05) is 11.9 Å². The molecule has 1 aromatic heterocycles. The van der Waals surface area contributed by atoms with Gasteiger partial charge in [-0.3, -0.25) is 9.78 Å². The van der Waals surface area contributed by atoms with E-state index in [1.807, 2.05) is 30.3 Å². The molecule has 1 aromatic carbocycles. The molecule has 18 heavy (non-hydrogen) atoms. The highest BCUT2D eigenvalue weighted by atomic mass is 16.1. The molecule has 92 valence electrons. The molecule has 2 aromatic rings. The van der Waals surface area contributed by atoms with Crippen LogP contribution in [-0.2, 0) is 4.79 Å². The minimum Gasteiger partial charge on any atom is -0.324 e. The van der Waals surface area contributed by atoms with Crippen molar-refractivity contribution in [2.45, 2.75) is 6.42 Å². The van der Waals surface area contributed by atoms with Crippen LogP contribution in [0.5, 0.6) is 0 Å². The second-order valence-electron chi connectivity index (χ2n) is 4.60. The van der Waals surface area contributed by atoms with Crippen molar-refractivity contribution in [3.05, 3.63) is 36.5 Å². The molecule has 1 aliphatic rings. The van der Waals surface area contributed by atoms with Gasteiger partial charge in [-0.1, -0.05) is 18.2 Å². The summed E-state index contributed by atoms with van der Waals surface area (Å²) in [6, 6.07) is 9.84. The lowest BCUT2D eigenvalue weighted by Crippen LogP contribution is -2.24. The van der Waals surface area contributed by atoms with Crippen LogP contribution in [-0.4, -0.2) is 24.0 Å². The summed E-state index contributed by atoms with van der Waals surface area (Å²) in [5, 5.41) is 7.17. The SMILES string of the molecule is O=C(Nc1cnc2ccccc2c1)[C@H]1CCNC1. The minimum absolute atomic E-state index is 0.0801. The fourth-order valence-electron chi connectivity index (χ4n) is 2.26. The monoisotopic (exact) mass is 241 g/mol. The van der Waals surface area contributed by atoms with Gasteiger partial charge in [0.15, 0.2) is 0 Å². The zero-order valence-corrected chi connectivity index (χ0v) is 10.0. The van der Waals surface area contributed by atoms with Crippen LogP contribution in [0.1, 0.15) is 6.42 Å². The molecular formula is C14H15N3O. The summed E-state index contributed by atoms with van der Waals surface area (Å²) in [6.45, 7) is 1.70. The number of pyridine rings is 1. The van der Waals surface area contributed by atoms with Gasteiger partial charge in [0.1, 0.15) is 0 Å². The van der Waals surface area contributed by atoms with Crippen LogP contribution in [0.2, 0.25) is 0 Å². The average molecular weight is 241 g/mol. The highest BCUT2D eigenvalue weighted by Gasteiger charge is 2.22. The number of benzene rings is 1. The molecule has 3 rings (SSSR count). The van der Waals surface area contributed by atoms with Crippen molar-refractivity contribution in [3.63, 3.8) is 0 Å². The molecule has 1 amide bonds. The van der Waals surface area contributed by atoms with E-state index in [1.165, 1.54) is 0 Å². The Morgan fingerprint density at radius 3 is 3.11 bits per heavy atom. The fraction of sp³-hybridized carbons (Fsp3) is 0.286. The summed E-state index contributed by atoms with van der Waals surface area (Å²) in [4.78, 5) is 16.3. The molecule has 2 heterocycles. The zero-order valence-electron chi connectivity index (χ0n) is 10.0. The Morgan fingerprint density at radius 2 is 2.28 bits per heavy atom. The minimum atomic E-state index is 0.0801. The van der Waals surface area contributed by atoms with E-state index in [4.69, 9.17) is 0 Å². The topological polar surface area (TPSA) is 54.0 Å². The molecule has 0 saturated carbocycles. The highest BCUT2D eigenvalue weighted by molar-refractivity contribution is 5.94. The first-order valence-electron chi connectivity index (χ1n) is 6.19. The molecule has 2 N–H and O–H groups in total. The lowest BCUT2D eigenvalue weighted by atomic mass is 10.1. The maximum absolute atomic E-state index is 12.0. The van der Waals surface area contributed by atoms with Crippen molar-refractivity contribution < 1.29 is 4.79 Å². The summed E-state index contributed by atoms with van der Waals surface area (Å²) in [5.41, 5.74) is 1.71. The Morgan fingerprint density at radius 1 is 1.39 bits per heavy atom. The lowest BCUT2D eigenvalue weighted by molar-refractivity contribution is -0.119. The van der Waals surface area contributed by atoms with Crippen molar-refractivity contribution in [1.29, 1.82) is 0 Å². The van der Waals surface area contributed by atoms with Gasteiger partial charge in [0.25, 0.3) is 0 Å². The number of fused-ring (bicyclic) bond motifs is 1. The van der Waals surface area contributed by atoms with Gasteiger partial charge in [0.2, 0.25) is 5.91 Å². The Hall–Kier alpha value is -1.94. The van der Waals surface area contributed by atoms with Gasteiger partial charge in [-0.15, -0.1) is 0 Å². The van der Waals surface area contributed by atoms with Crippen molar-refractivity contribution in [3.8, 4) is 0 Å². The van der Waals surface area contributed by atoms with Crippen LogP contribution >= 0.6 is 0 Å². The Bertz CT molecular complexity index is 576. The van der Waals surface area contributed by atoms with Crippen molar-refractivity contribution in [2.75, 3.05) is 18.4 Å². The van der Waals surface area contributed by atoms with Crippen LogP contribution < -0.4 is 10.6 Å². The second kappa shape index (κ2) is 4.74. The third-order valence-corrected chi connectivity index (χ3v) is 3.29. The number of rotatable bonds is 2. The first-order valence-corrected chi connectivity index (χ1v) is 6.19. The summed E-state index contributed by atoms with van der Waals surface area (Å²) < 4.78 is 0. The van der Waals surface area contributed by atoms with E-state index in [0.717, 1.165) is 36.1 Å². The Balaban J connectivity index is 1.79. The molecule has 4 nitrogen and oxygen atoms in total. The van der Waals surface area contributed by atoms with Crippen molar-refractivity contribution in [1.82, 2.24) is 10.3 Å². The number of hydrogen-bond acceptors (Lipinski definition) is 3. The van der Waals surface area contributed by atoms with Gasteiger partial charge in [0.05, 0.1) is 23.3 Å². The first kappa shape index (κ1) is 11.2. The van der Waals surface area contributed by atoms with E-state index in [9.17, 15) is 4.79 Å². The molecular weight excluding hydrogens is 226 g/mol. The van der Waals surface area contributed by atoms with Gasteiger partial charge in [-0.05, 0) is 25.1 Å². The second-order valence-corrected chi connectivity index (χ2v) is 4.60. The van der Waals surface area contributed by atoms with Gasteiger partial charge in [-0.25, -0.2) is 0 Å². The molecule has 0 spiro atoms. The maximum atomic E-state index is 12.0. The average Bonchev–Trinajstić information content (AvgIpc) is 2.92. The molecule has 0 aliphatic carbocycles. The number of para-hydroxylation sites is 1. The third-order valence-electron chi connectivity index (χ3n) is 3.29. The van der Waals surface area contributed by atoms with Crippen LogP contribution in [0.15, 0.2) is 36.5 Å². The largest absolute Gasteiger partial charge is 0.324 e. The van der Waals surface area contributed by atoms with E-state index < -0.39 is 0 Å². The predicted molar refractivity (Wildman–Crippen MR) is 71.3 cm³/mol. The number of carbonyl (C=O) groups excluding carboxylic acids is 1. The van der Waals surface area contributed by atoms with Crippen LogP contribution in [0.4, 0.5) is 5.69 Å². The van der Waals surface area contributed by atoms with E-state index in [2.05, 4.69) is 15.6 Å². The maximum Gasteiger partial charge on any atom is 0.228 e. The summed E-state index contributed by atoms with van der Waals surface area (Å²) in [6.07, 6.45) is 2.62. The smallest absolute Gasteiger partial charge is 0.228 e. The first-order chi connectivity index (χ1) is 8.83. The van der Waals surface area contributed by atoms with E-state index in [-0.39, 0.29) is 11.8 Å². The quantitative estimate of drug-likeness (QED) is 0.842. The summed E-state index contributed by atoms with van der Waals surface area (Å²) >= 11 is 0. The number of anilines is 1. The Kier molecular flexibility index (Phi) is 2.94. The summed E-state index contributed by atoms with van der Waals surface area (Å²) in [7, 11) is 0. The third kappa shape index (κ3) is 2.19. The number of aromatic nitrogens is 1. The fourth-order valence-corrected chi connectivity index (χ4v) is 2.26. The van der Waals surface area contributed by atoms with E-state index in [1.54, 1.807) is 6.20 Å². The normalized spacial score (nSPS) is 19.0. The Labute approximate surface area is 105 Å². The van der Waals surface area contributed by atoms with Crippen LogP contribution in [0, 0.1) is 5.92 Å². The number of hydrogen-bond donors (Lipinski definition) is 2. The van der Waals surface area contributed by atoms with Crippen LogP contribution in [0.25, 0.3) is 10.9 Å². The lowest BCUT2D eigenvalue weighted by Gasteiger charge is -2.10. The number of carbonyl (C=O) groups is 1. The summed E-state index contributed by atoms with van der Waals surface area (Å²) in [5.74, 6) is 0.161. The van der Waals surface area contributed by atoms with Crippen molar-refractivity contribution in [2.24, 2.45) is 5.92 Å². The van der Waals surface area contributed by atoms with Gasteiger partial charge < -0.3 is 10.6 Å². The van der Waals surface area contributed by atoms with Crippen molar-refractivity contribution >= 4 is 22.5 Å². The zero-order chi connectivity index (χ0) is 12.4. The molecule has 1 atom stereocenters. The molecule has 0 bridgehead atoms. The molecule has 1 saturated heterocycles. The molecule has 1 aliphatic heterocycles. The highest BCUT2D eigenvalue weighted by Crippen LogP contribution is 2.17. The standard InChI is InChI=1S/C14H15N3O/c18-14(11-5-6-15-8-11)17-12-7-10-3-1-2-4-13(10)16-9-12/h1-4,7,9,11,15H,5-6,8H2,(H,17,18)/t11-/m0/s1.